The number of carboxylic acids is 1. The van der Waals surface area contributed by atoms with Crippen LogP contribution in [0, 0.1) is 17.6 Å². The minimum absolute atomic E-state index is 0.00336. The molecule has 1 aliphatic heterocycles. The van der Waals surface area contributed by atoms with E-state index in [0.717, 1.165) is 37.8 Å². The van der Waals surface area contributed by atoms with E-state index in [-0.39, 0.29) is 17.5 Å². The number of benzene rings is 1. The number of halogens is 2. The van der Waals surface area contributed by atoms with Crippen molar-refractivity contribution in [2.24, 2.45) is 5.92 Å². The van der Waals surface area contributed by atoms with Gasteiger partial charge in [0.15, 0.2) is 11.6 Å². The third kappa shape index (κ3) is 2.46. The molecule has 2 aliphatic rings. The van der Waals surface area contributed by atoms with Gasteiger partial charge in [-0.1, -0.05) is 12.8 Å². The van der Waals surface area contributed by atoms with E-state index in [9.17, 15) is 23.5 Å². The number of fused-ring (bicyclic) bond motifs is 1. The Balaban J connectivity index is 1.93. The second-order valence-electron chi connectivity index (χ2n) is 6.04. The van der Waals surface area contributed by atoms with Crippen LogP contribution in [0.4, 0.5) is 8.78 Å². The summed E-state index contributed by atoms with van der Waals surface area (Å²) < 4.78 is 26.4. The van der Waals surface area contributed by atoms with Crippen LogP contribution in [0.1, 0.15) is 42.5 Å². The Hall–Kier alpha value is -1.98. The molecule has 1 amide bonds. The quantitative estimate of drug-likeness (QED) is 0.914. The van der Waals surface area contributed by atoms with Crippen molar-refractivity contribution in [2.75, 3.05) is 0 Å². The molecule has 1 aromatic rings. The predicted molar refractivity (Wildman–Crippen MR) is 74.3 cm³/mol. The maximum Gasteiger partial charge on any atom is 0.326 e. The molecule has 22 heavy (non-hydrogen) atoms. The summed E-state index contributed by atoms with van der Waals surface area (Å²) in [6.07, 6.45) is 4.12. The molecule has 1 saturated carbocycles. The normalized spacial score (nSPS) is 27.5. The number of amides is 1. The van der Waals surface area contributed by atoms with Crippen molar-refractivity contribution in [3.05, 3.63) is 35.4 Å². The van der Waals surface area contributed by atoms with Gasteiger partial charge in [-0.25, -0.2) is 13.6 Å². The average Bonchev–Trinajstić information content (AvgIpc) is 2.89. The Kier molecular flexibility index (Phi) is 3.85. The topological polar surface area (TPSA) is 57.6 Å². The van der Waals surface area contributed by atoms with Crippen molar-refractivity contribution in [2.45, 2.75) is 44.2 Å². The molecule has 3 rings (SSSR count). The van der Waals surface area contributed by atoms with Crippen LogP contribution in [0.15, 0.2) is 18.2 Å². The van der Waals surface area contributed by atoms with Crippen molar-refractivity contribution in [1.82, 2.24) is 4.90 Å². The van der Waals surface area contributed by atoms with Crippen LogP contribution in [0.2, 0.25) is 0 Å². The first-order valence-corrected chi connectivity index (χ1v) is 7.49. The molecular formula is C16H17F2NO3. The van der Waals surface area contributed by atoms with Gasteiger partial charge in [-0.3, -0.25) is 4.79 Å². The fraction of sp³-hybridized carbons (Fsp3) is 0.500. The highest BCUT2D eigenvalue weighted by atomic mass is 19.2. The molecule has 1 aliphatic carbocycles. The summed E-state index contributed by atoms with van der Waals surface area (Å²) in [5, 5.41) is 9.40. The van der Waals surface area contributed by atoms with Crippen molar-refractivity contribution >= 4 is 11.9 Å². The number of hydrogen-bond acceptors (Lipinski definition) is 2. The maximum atomic E-state index is 13.4. The minimum atomic E-state index is -1.10. The van der Waals surface area contributed by atoms with Crippen LogP contribution >= 0.6 is 0 Å². The van der Waals surface area contributed by atoms with Gasteiger partial charge in [-0.2, -0.15) is 0 Å². The molecule has 1 heterocycles. The zero-order valence-corrected chi connectivity index (χ0v) is 12.0. The fourth-order valence-corrected chi connectivity index (χ4v) is 3.75. The number of rotatable bonds is 2. The minimum Gasteiger partial charge on any atom is -0.480 e. The monoisotopic (exact) mass is 309 g/mol. The number of nitrogens with zero attached hydrogens (tertiary/aromatic N) is 1. The van der Waals surface area contributed by atoms with Gasteiger partial charge in [0.1, 0.15) is 6.04 Å². The van der Waals surface area contributed by atoms with E-state index in [4.69, 9.17) is 0 Å². The zero-order chi connectivity index (χ0) is 15.9. The standard InChI is InChI=1S/C16H17F2NO3/c17-11-6-5-10(7-12(11)18)15(20)19-13-4-2-1-3-9(13)8-14(19)16(21)22/h5-7,9,13-14H,1-4,8H2,(H,21,22)/t9-,13+,14+/m1/s1. The summed E-state index contributed by atoms with van der Waals surface area (Å²) in [6.45, 7) is 0. The van der Waals surface area contributed by atoms with E-state index < -0.39 is 29.6 Å². The lowest BCUT2D eigenvalue weighted by Crippen LogP contribution is -2.46. The number of carbonyl (C=O) groups excluding carboxylic acids is 1. The van der Waals surface area contributed by atoms with Crippen LogP contribution < -0.4 is 0 Å². The van der Waals surface area contributed by atoms with E-state index in [1.54, 1.807) is 0 Å². The predicted octanol–water partition coefficient (Wildman–Crippen LogP) is 2.82. The fourth-order valence-electron chi connectivity index (χ4n) is 3.75. The lowest BCUT2D eigenvalue weighted by atomic mass is 9.84. The molecule has 118 valence electrons. The molecule has 1 saturated heterocycles. The number of aliphatic carboxylic acids is 1. The molecule has 1 aromatic carbocycles. The average molecular weight is 309 g/mol. The highest BCUT2D eigenvalue weighted by Crippen LogP contribution is 2.40. The third-order valence-corrected chi connectivity index (χ3v) is 4.77. The van der Waals surface area contributed by atoms with E-state index in [0.29, 0.717) is 6.42 Å². The number of carbonyl (C=O) groups is 2. The number of carboxylic acid groups (broad SMARTS) is 1. The first kappa shape index (κ1) is 14.9. The molecule has 1 N–H and O–H groups in total. The molecular weight excluding hydrogens is 292 g/mol. The largest absolute Gasteiger partial charge is 0.480 e. The lowest BCUT2D eigenvalue weighted by Gasteiger charge is -2.33. The van der Waals surface area contributed by atoms with E-state index in [2.05, 4.69) is 0 Å². The maximum absolute atomic E-state index is 13.4. The van der Waals surface area contributed by atoms with Gasteiger partial charge in [0, 0.05) is 11.6 Å². The van der Waals surface area contributed by atoms with Crippen molar-refractivity contribution < 1.29 is 23.5 Å². The Morgan fingerprint density at radius 1 is 1.14 bits per heavy atom. The Morgan fingerprint density at radius 3 is 2.55 bits per heavy atom. The smallest absolute Gasteiger partial charge is 0.326 e. The summed E-state index contributed by atoms with van der Waals surface area (Å²) >= 11 is 0. The first-order chi connectivity index (χ1) is 10.5. The second-order valence-corrected chi connectivity index (χ2v) is 6.04. The number of likely N-dealkylation sites (tertiary alicyclic amines) is 1. The summed E-state index contributed by atoms with van der Waals surface area (Å²) in [4.78, 5) is 25.5. The Labute approximate surface area is 126 Å². The first-order valence-electron chi connectivity index (χ1n) is 7.49. The molecule has 0 aromatic heterocycles. The summed E-state index contributed by atoms with van der Waals surface area (Å²) in [6, 6.07) is 1.94. The van der Waals surface area contributed by atoms with Crippen LogP contribution in [0.5, 0.6) is 0 Å². The number of hydrogen-bond donors (Lipinski definition) is 1. The van der Waals surface area contributed by atoms with Gasteiger partial charge >= 0.3 is 5.97 Å². The molecule has 0 bridgehead atoms. The molecule has 0 radical (unpaired) electrons. The van der Waals surface area contributed by atoms with Crippen LogP contribution in [0.25, 0.3) is 0 Å². The van der Waals surface area contributed by atoms with Gasteiger partial charge in [-0.15, -0.1) is 0 Å². The van der Waals surface area contributed by atoms with Gasteiger partial charge in [0.2, 0.25) is 0 Å². The lowest BCUT2D eigenvalue weighted by molar-refractivity contribution is -0.141. The molecule has 0 unspecified atom stereocenters. The summed E-state index contributed by atoms with van der Waals surface area (Å²) in [5.41, 5.74) is -0.00336. The SMILES string of the molecule is O=C(O)[C@@H]1C[C@H]2CCCC[C@@H]2N1C(=O)c1ccc(F)c(F)c1. The van der Waals surface area contributed by atoms with Crippen molar-refractivity contribution in [1.29, 1.82) is 0 Å². The van der Waals surface area contributed by atoms with Gasteiger partial charge < -0.3 is 10.0 Å². The van der Waals surface area contributed by atoms with Gasteiger partial charge in [0.05, 0.1) is 0 Å². The van der Waals surface area contributed by atoms with Crippen molar-refractivity contribution in [3.8, 4) is 0 Å². The van der Waals surface area contributed by atoms with E-state index in [1.807, 2.05) is 0 Å². The summed E-state index contributed by atoms with van der Waals surface area (Å²) in [5.74, 6) is -3.50. The molecule has 3 atom stereocenters. The van der Waals surface area contributed by atoms with Crippen LogP contribution in [0.3, 0.4) is 0 Å². The Bertz CT molecular complexity index is 619. The highest BCUT2D eigenvalue weighted by Gasteiger charge is 2.47. The van der Waals surface area contributed by atoms with Gasteiger partial charge in [-0.05, 0) is 43.4 Å². The van der Waals surface area contributed by atoms with Crippen LogP contribution in [-0.4, -0.2) is 34.0 Å². The van der Waals surface area contributed by atoms with E-state index >= 15 is 0 Å². The van der Waals surface area contributed by atoms with Gasteiger partial charge in [0.25, 0.3) is 5.91 Å². The molecule has 4 nitrogen and oxygen atoms in total. The zero-order valence-electron chi connectivity index (χ0n) is 12.0. The molecule has 6 heteroatoms. The van der Waals surface area contributed by atoms with E-state index in [1.165, 1.54) is 11.0 Å². The third-order valence-electron chi connectivity index (χ3n) is 4.77. The van der Waals surface area contributed by atoms with Crippen molar-refractivity contribution in [3.63, 3.8) is 0 Å². The molecule has 0 spiro atoms. The Morgan fingerprint density at radius 2 is 1.86 bits per heavy atom. The highest BCUT2D eigenvalue weighted by molar-refractivity contribution is 5.97. The molecule has 2 fully saturated rings. The summed E-state index contributed by atoms with van der Waals surface area (Å²) in [7, 11) is 0. The second kappa shape index (κ2) is 5.66. The van der Waals surface area contributed by atoms with Crippen LogP contribution in [-0.2, 0) is 4.79 Å².